The molecule has 3 atom stereocenters. The number of aromatic nitrogens is 3. The van der Waals surface area contributed by atoms with Crippen molar-refractivity contribution in [1.82, 2.24) is 25.2 Å². The van der Waals surface area contributed by atoms with Gasteiger partial charge in [-0.15, -0.1) is 24.9 Å². The van der Waals surface area contributed by atoms with Gasteiger partial charge in [-0.3, -0.25) is 9.98 Å². The van der Waals surface area contributed by atoms with Crippen molar-refractivity contribution in [1.29, 1.82) is 5.41 Å². The van der Waals surface area contributed by atoms with Crippen LogP contribution in [0.25, 0.3) is 28.0 Å². The number of rotatable bonds is 13. The van der Waals surface area contributed by atoms with Crippen molar-refractivity contribution in [3.05, 3.63) is 70.0 Å². The summed E-state index contributed by atoms with van der Waals surface area (Å²) in [6.07, 6.45) is 6.52. The van der Waals surface area contributed by atoms with Crippen LogP contribution in [0.15, 0.2) is 52.3 Å². The predicted molar refractivity (Wildman–Crippen MR) is 189 cm³/mol. The summed E-state index contributed by atoms with van der Waals surface area (Å²) in [4.78, 5) is 21.4. The second-order valence-corrected chi connectivity index (χ2v) is 14.2. The number of hydrogen-bond acceptors (Lipinski definition) is 7. The van der Waals surface area contributed by atoms with Crippen molar-refractivity contribution >= 4 is 28.6 Å². The lowest BCUT2D eigenvalue weighted by molar-refractivity contribution is -0.275. The highest BCUT2D eigenvalue weighted by molar-refractivity contribution is 7.98. The maximum Gasteiger partial charge on any atom is 0.573 e. The van der Waals surface area contributed by atoms with Gasteiger partial charge >= 0.3 is 12.1 Å². The van der Waals surface area contributed by atoms with Crippen LogP contribution in [0.3, 0.4) is 0 Å². The Bertz CT molecular complexity index is 1910. The molecule has 14 heteroatoms. The highest BCUT2D eigenvalue weighted by Crippen LogP contribution is 2.37. The molecule has 6 N–H and O–H groups in total. The first kappa shape index (κ1) is 35.9. The van der Waals surface area contributed by atoms with Crippen LogP contribution in [-0.2, 0) is 6.42 Å². The molecule has 268 valence electrons. The Labute approximate surface area is 292 Å². The summed E-state index contributed by atoms with van der Waals surface area (Å²) in [6.45, 7) is 2.47. The lowest BCUT2D eigenvalue weighted by Crippen LogP contribution is -2.39. The molecule has 0 amide bonds. The van der Waals surface area contributed by atoms with E-state index in [-0.39, 0.29) is 29.0 Å². The van der Waals surface area contributed by atoms with E-state index >= 15 is 4.39 Å². The van der Waals surface area contributed by atoms with E-state index in [1.54, 1.807) is 30.9 Å². The van der Waals surface area contributed by atoms with Gasteiger partial charge in [0.25, 0.3) is 0 Å². The highest BCUT2D eigenvalue weighted by atomic mass is 32.2. The minimum atomic E-state index is -5.08. The maximum atomic E-state index is 15.6. The van der Waals surface area contributed by atoms with E-state index in [2.05, 4.69) is 25.3 Å². The Morgan fingerprint density at radius 3 is 2.72 bits per heavy atom. The first-order chi connectivity index (χ1) is 23.9. The third-order valence-corrected chi connectivity index (χ3v) is 10.4. The largest absolute Gasteiger partial charge is 0.573 e. The lowest BCUT2D eigenvalue weighted by Gasteiger charge is -2.32. The van der Waals surface area contributed by atoms with Crippen LogP contribution in [0.1, 0.15) is 75.5 Å². The molecule has 9 nitrogen and oxygen atoms in total. The number of nitrogens with two attached hydrogens (primary N) is 1. The fourth-order valence-electron chi connectivity index (χ4n) is 6.88. The molecule has 4 aromatic rings. The number of hydrogen-bond donors (Lipinski definition) is 5. The Balaban J connectivity index is 1.27. The van der Waals surface area contributed by atoms with E-state index < -0.39 is 23.6 Å². The lowest BCUT2D eigenvalue weighted by atomic mass is 9.92. The van der Waals surface area contributed by atoms with Gasteiger partial charge in [0.2, 0.25) is 0 Å². The number of aryl methyl sites for hydroxylation is 1. The second-order valence-electron chi connectivity index (χ2n) is 13.4. The number of benzene rings is 2. The molecule has 3 heterocycles. The van der Waals surface area contributed by atoms with Crippen LogP contribution in [-0.4, -0.2) is 51.6 Å². The molecule has 50 heavy (non-hydrogen) atoms. The third-order valence-electron chi connectivity index (χ3n) is 9.59. The minimum absolute atomic E-state index is 0.0453. The minimum Gasteiger partial charge on any atom is -0.403 e. The predicted octanol–water partition coefficient (Wildman–Crippen LogP) is 7.36. The number of thioether (sulfide) groups is 1. The molecule has 1 saturated heterocycles. The Morgan fingerprint density at radius 1 is 1.20 bits per heavy atom. The number of halogens is 4. The van der Waals surface area contributed by atoms with Gasteiger partial charge in [0.05, 0.1) is 17.2 Å². The van der Waals surface area contributed by atoms with Crippen molar-refractivity contribution in [3.63, 3.8) is 0 Å². The van der Waals surface area contributed by atoms with Crippen LogP contribution in [0.4, 0.5) is 17.6 Å². The van der Waals surface area contributed by atoms with Crippen LogP contribution in [0.2, 0.25) is 0 Å². The number of amidine groups is 1. The molecule has 2 aliphatic rings. The zero-order chi connectivity index (χ0) is 35.6. The summed E-state index contributed by atoms with van der Waals surface area (Å²) in [7, 11) is 0. The molecule has 1 aliphatic carbocycles. The molecule has 6 rings (SSSR count). The summed E-state index contributed by atoms with van der Waals surface area (Å²) in [6, 6.07) is 10.6. The Hall–Kier alpha value is -3.88. The molecule has 0 spiro atoms. The number of nitrogens with one attached hydrogen (secondary N) is 4. The number of ether oxygens (including phenoxy) is 1. The number of nitrogens with zero attached hydrogens (tertiary/aromatic N) is 2. The van der Waals surface area contributed by atoms with Gasteiger partial charge in [-0.25, -0.2) is 9.18 Å². The molecule has 2 fully saturated rings. The third kappa shape index (κ3) is 8.70. The smallest absolute Gasteiger partial charge is 0.403 e. The van der Waals surface area contributed by atoms with E-state index in [0.29, 0.717) is 47.3 Å². The monoisotopic (exact) mass is 713 g/mol. The topological polar surface area (TPSA) is 134 Å². The van der Waals surface area contributed by atoms with Crippen LogP contribution in [0.5, 0.6) is 5.75 Å². The Morgan fingerprint density at radius 2 is 2.00 bits per heavy atom. The van der Waals surface area contributed by atoms with E-state index in [1.165, 1.54) is 10.6 Å². The van der Waals surface area contributed by atoms with Crippen molar-refractivity contribution in [2.24, 2.45) is 11.7 Å². The molecule has 0 bridgehead atoms. The SMILES string of the molecule is CSc1cc(-n2cc3cc(-c4cc(CCCC(N)C5CC5)cc(OC(F)(F)F)c4F)[nH]c3nc2=O)ccc1[C@@H]1CCC[C@@H](CCNC(C)=N)N1. The molecule has 1 unspecified atom stereocenters. The van der Waals surface area contributed by atoms with Crippen molar-refractivity contribution in [2.45, 2.75) is 94.1 Å². The zero-order valence-corrected chi connectivity index (χ0v) is 28.9. The van der Waals surface area contributed by atoms with E-state index in [1.807, 2.05) is 24.5 Å². The van der Waals surface area contributed by atoms with Crippen molar-refractivity contribution < 1.29 is 22.3 Å². The highest BCUT2D eigenvalue weighted by Gasteiger charge is 2.34. The molecule has 1 aliphatic heterocycles. The number of piperidine rings is 1. The molecular formula is C36H43F4N7O2S. The van der Waals surface area contributed by atoms with Gasteiger partial charge in [0, 0.05) is 46.7 Å². The number of fused-ring (bicyclic) bond motifs is 1. The average molecular weight is 714 g/mol. The summed E-state index contributed by atoms with van der Waals surface area (Å²) < 4.78 is 60.9. The van der Waals surface area contributed by atoms with E-state index in [4.69, 9.17) is 11.1 Å². The standard InChI is InChI=1S/C36H43F4N7O2S/c1-20(41)43-14-13-24-6-4-8-29(44-24)26-12-11-25(18-32(26)50-2)47-19-23-17-30(45-34(23)46-35(47)48)27-15-21(5-3-7-28(42)22-9-10-22)16-31(33(27)37)49-36(38,39)40/h11-12,15-19,22,24,28-29,44H,3-10,13-14,42H2,1-2H3,(H2,41,43)(H,45,46,48)/t24-,28?,29-/m0/s1. The first-order valence-corrected chi connectivity index (χ1v) is 18.3. The zero-order valence-electron chi connectivity index (χ0n) is 28.1. The average Bonchev–Trinajstić information content (AvgIpc) is 3.84. The second kappa shape index (κ2) is 15.2. The van der Waals surface area contributed by atoms with Gasteiger partial charge < -0.3 is 26.1 Å². The summed E-state index contributed by atoms with van der Waals surface area (Å²) in [5.74, 6) is -1.12. The van der Waals surface area contributed by atoms with Gasteiger partial charge in [-0.2, -0.15) is 4.98 Å². The molecule has 2 aromatic heterocycles. The van der Waals surface area contributed by atoms with Gasteiger partial charge in [-0.1, -0.05) is 12.5 Å². The molecular weight excluding hydrogens is 671 g/mol. The van der Waals surface area contributed by atoms with Gasteiger partial charge in [0.15, 0.2) is 11.6 Å². The molecule has 2 aromatic carbocycles. The fourth-order valence-corrected chi connectivity index (χ4v) is 7.57. The van der Waals surface area contributed by atoms with Crippen LogP contribution >= 0.6 is 11.8 Å². The number of alkyl halides is 3. The number of aromatic amines is 1. The van der Waals surface area contributed by atoms with E-state index in [0.717, 1.165) is 68.0 Å². The van der Waals surface area contributed by atoms with Crippen LogP contribution < -0.4 is 26.8 Å². The summed E-state index contributed by atoms with van der Waals surface area (Å²) >= 11 is 1.59. The first-order valence-electron chi connectivity index (χ1n) is 17.1. The van der Waals surface area contributed by atoms with E-state index in [9.17, 15) is 18.0 Å². The Kier molecular flexibility index (Phi) is 10.9. The van der Waals surface area contributed by atoms with Crippen molar-refractivity contribution in [3.8, 4) is 22.7 Å². The maximum absolute atomic E-state index is 15.6. The normalized spacial score (nSPS) is 18.7. The van der Waals surface area contributed by atoms with Gasteiger partial charge in [-0.05, 0) is 112 Å². The number of H-pyrrole nitrogens is 1. The quantitative estimate of drug-likeness (QED) is 0.0423. The van der Waals surface area contributed by atoms with Gasteiger partial charge in [0.1, 0.15) is 5.65 Å². The van der Waals surface area contributed by atoms with Crippen molar-refractivity contribution in [2.75, 3.05) is 12.8 Å². The van der Waals surface area contributed by atoms with Crippen LogP contribution in [0, 0.1) is 17.1 Å². The summed E-state index contributed by atoms with van der Waals surface area (Å²) in [5, 5.41) is 14.9. The molecule has 0 radical (unpaired) electrons. The molecule has 1 saturated carbocycles. The summed E-state index contributed by atoms with van der Waals surface area (Å²) in [5.41, 5.74) is 8.15. The fraction of sp³-hybridized carbons (Fsp3) is 0.472.